The van der Waals surface area contributed by atoms with E-state index in [1.807, 2.05) is 17.5 Å². The predicted octanol–water partition coefficient (Wildman–Crippen LogP) is 1.01. The lowest BCUT2D eigenvalue weighted by Gasteiger charge is -2.20. The Morgan fingerprint density at radius 1 is 1.48 bits per heavy atom. The van der Waals surface area contributed by atoms with E-state index in [2.05, 4.69) is 5.32 Å². The number of nitrogens with zero attached hydrogens (tertiary/aromatic N) is 2. The number of ether oxygens (including phenoxy) is 1. The van der Waals surface area contributed by atoms with Gasteiger partial charge >= 0.3 is 12.1 Å². The van der Waals surface area contributed by atoms with E-state index in [-0.39, 0.29) is 24.6 Å². The minimum Gasteiger partial charge on any atom is -0.439 e. The van der Waals surface area contributed by atoms with Crippen LogP contribution in [-0.4, -0.2) is 53.6 Å². The molecule has 21 heavy (non-hydrogen) atoms. The number of urea groups is 1. The second-order valence-electron chi connectivity index (χ2n) is 4.94. The molecule has 2 saturated heterocycles. The van der Waals surface area contributed by atoms with Crippen LogP contribution in [0.4, 0.5) is 9.59 Å². The molecular weight excluding hydrogens is 294 g/mol. The lowest BCUT2D eigenvalue weighted by atomic mass is 10.2. The van der Waals surface area contributed by atoms with Gasteiger partial charge in [-0.3, -0.25) is 4.79 Å². The maximum absolute atomic E-state index is 12.1. The minimum atomic E-state index is -0.606. The molecule has 3 heterocycles. The van der Waals surface area contributed by atoms with Gasteiger partial charge in [-0.25, -0.2) is 14.5 Å². The maximum atomic E-state index is 12.1. The van der Waals surface area contributed by atoms with Crippen LogP contribution in [0.1, 0.15) is 11.3 Å². The van der Waals surface area contributed by atoms with Crippen molar-refractivity contribution >= 4 is 29.4 Å². The molecular formula is C13H15N3O4S. The number of hydrogen-bond donors (Lipinski definition) is 1. The largest absolute Gasteiger partial charge is 0.439 e. The molecule has 7 nitrogen and oxygen atoms in total. The molecule has 2 fully saturated rings. The summed E-state index contributed by atoms with van der Waals surface area (Å²) in [6.07, 6.45) is -0.0152. The van der Waals surface area contributed by atoms with Crippen LogP contribution < -0.4 is 5.32 Å². The van der Waals surface area contributed by atoms with Crippen molar-refractivity contribution in [1.82, 2.24) is 15.1 Å². The van der Waals surface area contributed by atoms with Gasteiger partial charge in [-0.2, -0.15) is 0 Å². The Bertz CT molecular complexity index is 544. The van der Waals surface area contributed by atoms with Crippen molar-refractivity contribution in [3.63, 3.8) is 0 Å². The van der Waals surface area contributed by atoms with E-state index < -0.39 is 6.09 Å². The Kier molecular flexibility index (Phi) is 3.78. The first-order valence-electron chi connectivity index (χ1n) is 6.69. The standard InChI is InChI=1S/C13H15N3O4S/c17-11-8-20-13(19)16(11)9-3-4-15(7-9)12(18)14-6-10-2-1-5-21-10/h1-2,5,9H,3-4,6-8H2,(H,14,18). The Morgan fingerprint density at radius 2 is 2.33 bits per heavy atom. The first-order chi connectivity index (χ1) is 10.1. The Labute approximate surface area is 125 Å². The third-order valence-electron chi connectivity index (χ3n) is 3.59. The fraction of sp³-hybridized carbons (Fsp3) is 0.462. The van der Waals surface area contributed by atoms with Crippen molar-refractivity contribution in [3.8, 4) is 0 Å². The molecule has 1 unspecified atom stereocenters. The molecule has 1 N–H and O–H groups in total. The first-order valence-corrected chi connectivity index (χ1v) is 7.57. The number of cyclic esters (lactones) is 1. The summed E-state index contributed by atoms with van der Waals surface area (Å²) in [5, 5.41) is 4.79. The summed E-state index contributed by atoms with van der Waals surface area (Å²) in [4.78, 5) is 39.0. The van der Waals surface area contributed by atoms with Crippen molar-refractivity contribution in [2.24, 2.45) is 0 Å². The van der Waals surface area contributed by atoms with Crippen LogP contribution in [0.25, 0.3) is 0 Å². The molecule has 0 aromatic carbocycles. The van der Waals surface area contributed by atoms with Gasteiger partial charge in [-0.05, 0) is 17.9 Å². The number of amides is 4. The molecule has 0 radical (unpaired) electrons. The molecule has 2 aliphatic heterocycles. The molecule has 0 aliphatic carbocycles. The lowest BCUT2D eigenvalue weighted by molar-refractivity contribution is -0.127. The number of carbonyl (C=O) groups excluding carboxylic acids is 3. The molecule has 0 bridgehead atoms. The SMILES string of the molecule is O=C(NCc1cccs1)N1CCC(N2C(=O)COC2=O)C1. The number of thiophene rings is 1. The summed E-state index contributed by atoms with van der Waals surface area (Å²) in [6, 6.07) is 3.44. The van der Waals surface area contributed by atoms with Crippen LogP contribution in [0.3, 0.4) is 0 Å². The number of likely N-dealkylation sites (tertiary alicyclic amines) is 1. The number of imide groups is 1. The predicted molar refractivity (Wildman–Crippen MR) is 74.7 cm³/mol. The Balaban J connectivity index is 1.53. The monoisotopic (exact) mass is 309 g/mol. The molecule has 0 spiro atoms. The molecule has 4 amide bonds. The van der Waals surface area contributed by atoms with Gasteiger partial charge in [0.2, 0.25) is 0 Å². The van der Waals surface area contributed by atoms with E-state index in [9.17, 15) is 14.4 Å². The molecule has 3 rings (SSSR count). The van der Waals surface area contributed by atoms with E-state index in [0.717, 1.165) is 9.78 Å². The topological polar surface area (TPSA) is 79.0 Å². The molecule has 0 saturated carbocycles. The van der Waals surface area contributed by atoms with E-state index in [1.54, 1.807) is 16.2 Å². The van der Waals surface area contributed by atoms with Gasteiger partial charge in [-0.1, -0.05) is 6.07 Å². The summed E-state index contributed by atoms with van der Waals surface area (Å²) in [7, 11) is 0. The average Bonchev–Trinajstić information content (AvgIpc) is 3.18. The smallest absolute Gasteiger partial charge is 0.417 e. The zero-order chi connectivity index (χ0) is 14.8. The summed E-state index contributed by atoms with van der Waals surface area (Å²) >= 11 is 1.58. The second kappa shape index (κ2) is 5.72. The van der Waals surface area contributed by atoms with Crippen LogP contribution in [0.15, 0.2) is 17.5 Å². The second-order valence-corrected chi connectivity index (χ2v) is 5.98. The van der Waals surface area contributed by atoms with Gasteiger partial charge in [0.25, 0.3) is 5.91 Å². The third kappa shape index (κ3) is 2.85. The highest BCUT2D eigenvalue weighted by atomic mass is 32.1. The molecule has 2 aliphatic rings. The van der Waals surface area contributed by atoms with Gasteiger partial charge in [0.15, 0.2) is 6.61 Å². The van der Waals surface area contributed by atoms with Gasteiger partial charge in [0.1, 0.15) is 0 Å². The lowest BCUT2D eigenvalue weighted by Crippen LogP contribution is -2.44. The van der Waals surface area contributed by atoms with E-state index >= 15 is 0 Å². The van der Waals surface area contributed by atoms with Crippen LogP contribution in [0.2, 0.25) is 0 Å². The molecule has 1 aromatic heterocycles. The van der Waals surface area contributed by atoms with E-state index in [1.165, 1.54) is 0 Å². The van der Waals surface area contributed by atoms with Crippen LogP contribution in [0, 0.1) is 0 Å². The van der Waals surface area contributed by atoms with E-state index in [4.69, 9.17) is 4.74 Å². The van der Waals surface area contributed by atoms with Crippen LogP contribution >= 0.6 is 11.3 Å². The number of nitrogens with one attached hydrogen (secondary N) is 1. The van der Waals surface area contributed by atoms with Crippen LogP contribution in [-0.2, 0) is 16.1 Å². The van der Waals surface area contributed by atoms with Crippen molar-refractivity contribution in [1.29, 1.82) is 0 Å². The average molecular weight is 309 g/mol. The fourth-order valence-electron chi connectivity index (χ4n) is 2.54. The van der Waals surface area contributed by atoms with Gasteiger partial charge < -0.3 is 15.0 Å². The first kappa shape index (κ1) is 13.9. The summed E-state index contributed by atoms with van der Waals surface area (Å²) in [6.45, 7) is 1.18. The molecule has 8 heteroatoms. The van der Waals surface area contributed by atoms with Gasteiger partial charge in [-0.15, -0.1) is 11.3 Å². The van der Waals surface area contributed by atoms with Crippen molar-refractivity contribution in [2.45, 2.75) is 19.0 Å². The Morgan fingerprint density at radius 3 is 3.00 bits per heavy atom. The highest BCUT2D eigenvalue weighted by molar-refractivity contribution is 7.09. The highest BCUT2D eigenvalue weighted by Crippen LogP contribution is 2.20. The minimum absolute atomic E-state index is 0.175. The van der Waals surface area contributed by atoms with Crippen molar-refractivity contribution in [2.75, 3.05) is 19.7 Å². The summed E-state index contributed by atoms with van der Waals surface area (Å²) in [5.41, 5.74) is 0. The van der Waals surface area contributed by atoms with Crippen molar-refractivity contribution < 1.29 is 19.1 Å². The highest BCUT2D eigenvalue weighted by Gasteiger charge is 2.41. The number of hydrogen-bond acceptors (Lipinski definition) is 5. The molecule has 1 atom stereocenters. The van der Waals surface area contributed by atoms with Crippen LogP contribution in [0.5, 0.6) is 0 Å². The summed E-state index contributed by atoms with van der Waals surface area (Å²) in [5.74, 6) is -0.328. The number of rotatable bonds is 3. The zero-order valence-corrected chi connectivity index (χ0v) is 12.1. The number of carbonyl (C=O) groups is 3. The Hall–Kier alpha value is -2.09. The molecule has 1 aromatic rings. The quantitative estimate of drug-likeness (QED) is 0.904. The summed E-state index contributed by atoms with van der Waals surface area (Å²) < 4.78 is 4.70. The fourth-order valence-corrected chi connectivity index (χ4v) is 3.19. The van der Waals surface area contributed by atoms with Gasteiger partial charge in [0.05, 0.1) is 12.6 Å². The molecule has 112 valence electrons. The zero-order valence-electron chi connectivity index (χ0n) is 11.3. The normalized spacial score (nSPS) is 21.8. The maximum Gasteiger partial charge on any atom is 0.417 e. The van der Waals surface area contributed by atoms with E-state index in [0.29, 0.717) is 26.1 Å². The van der Waals surface area contributed by atoms with Crippen molar-refractivity contribution in [3.05, 3.63) is 22.4 Å². The third-order valence-corrected chi connectivity index (χ3v) is 4.47. The van der Waals surface area contributed by atoms with Gasteiger partial charge in [0, 0.05) is 18.0 Å².